The van der Waals surface area contributed by atoms with Crippen molar-refractivity contribution >= 4 is 10.3 Å². The molecule has 3 aromatic rings. The molecule has 1 N–H and O–H groups in total. The van der Waals surface area contributed by atoms with Gasteiger partial charge < -0.3 is 0 Å². The van der Waals surface area contributed by atoms with Gasteiger partial charge in [0.15, 0.2) is 0 Å². The van der Waals surface area contributed by atoms with Gasteiger partial charge in [0.1, 0.15) is 5.82 Å². The third-order valence-corrected chi connectivity index (χ3v) is 9.09. The highest BCUT2D eigenvalue weighted by Gasteiger charge is 2.42. The minimum Gasteiger partial charge on any atom is -0.267 e. The molecule has 0 radical (unpaired) electrons. The van der Waals surface area contributed by atoms with Crippen LogP contribution in [-0.2, 0) is 34.4 Å². The molecular weight excluding hydrogens is 465 g/mol. The van der Waals surface area contributed by atoms with Crippen LogP contribution in [0.25, 0.3) is 22.5 Å². The lowest BCUT2D eigenvalue weighted by atomic mass is 9.91. The lowest BCUT2D eigenvalue weighted by Gasteiger charge is -2.28. The molecule has 2 fully saturated rings. The largest absolute Gasteiger partial charge is 0.336 e. The maximum absolute atomic E-state index is 13.4. The monoisotopic (exact) mass is 495 g/mol. The van der Waals surface area contributed by atoms with Crippen molar-refractivity contribution in [3.05, 3.63) is 65.5 Å². The first-order valence-corrected chi connectivity index (χ1v) is 13.9. The predicted molar refractivity (Wildman–Crippen MR) is 132 cm³/mol. The van der Waals surface area contributed by atoms with Gasteiger partial charge >= 0.3 is 10.3 Å². The van der Waals surface area contributed by atoms with E-state index in [9.17, 15) is 12.8 Å². The third kappa shape index (κ3) is 4.55. The SMILES string of the molecule is Cn1nc(-c2ccc3c(c2)C[C@H]2CC[C@@H](C3)[C@H]2NS(=O)(=O)OC2CCC2)cc1-c1ccc(F)cc1. The molecular formula is C27H30FN3O3S. The number of nitrogens with zero attached hydrogens (tertiary/aromatic N) is 2. The van der Waals surface area contributed by atoms with Gasteiger partial charge in [-0.1, -0.05) is 12.1 Å². The van der Waals surface area contributed by atoms with Crippen molar-refractivity contribution in [3.63, 3.8) is 0 Å². The molecule has 2 aromatic carbocycles. The van der Waals surface area contributed by atoms with Crippen LogP contribution >= 0.6 is 0 Å². The van der Waals surface area contributed by atoms with Crippen LogP contribution < -0.4 is 4.72 Å². The Kier molecular flexibility index (Phi) is 5.78. The van der Waals surface area contributed by atoms with Crippen molar-refractivity contribution in [2.45, 2.75) is 57.1 Å². The lowest BCUT2D eigenvalue weighted by Crippen LogP contribution is -2.44. The van der Waals surface area contributed by atoms with Crippen LogP contribution in [0.4, 0.5) is 4.39 Å². The average Bonchev–Trinajstić information content (AvgIpc) is 3.30. The fourth-order valence-corrected chi connectivity index (χ4v) is 7.23. The van der Waals surface area contributed by atoms with E-state index in [1.54, 1.807) is 12.1 Å². The molecule has 0 amide bonds. The normalized spacial score (nSPS) is 24.1. The summed E-state index contributed by atoms with van der Waals surface area (Å²) in [7, 11) is -1.84. The lowest BCUT2D eigenvalue weighted by molar-refractivity contribution is 0.123. The summed E-state index contributed by atoms with van der Waals surface area (Å²) in [5.41, 5.74) is 6.31. The first kappa shape index (κ1) is 22.9. The molecule has 0 aliphatic heterocycles. The van der Waals surface area contributed by atoms with Crippen LogP contribution in [-0.4, -0.2) is 30.3 Å². The van der Waals surface area contributed by atoms with E-state index in [0.29, 0.717) is 0 Å². The second-order valence-corrected chi connectivity index (χ2v) is 11.6. The maximum Gasteiger partial charge on any atom is 0.336 e. The molecule has 6 rings (SSSR count). The number of fused-ring (bicyclic) bond motifs is 3. The van der Waals surface area contributed by atoms with Crippen LogP contribution in [0.2, 0.25) is 0 Å². The van der Waals surface area contributed by atoms with Gasteiger partial charge in [-0.3, -0.25) is 8.86 Å². The second-order valence-electron chi connectivity index (χ2n) is 10.3. The summed E-state index contributed by atoms with van der Waals surface area (Å²) >= 11 is 0. The van der Waals surface area contributed by atoms with E-state index in [2.05, 4.69) is 22.9 Å². The fraction of sp³-hybridized carbons (Fsp3) is 0.444. The molecule has 3 aliphatic rings. The molecule has 1 heterocycles. The van der Waals surface area contributed by atoms with Crippen molar-refractivity contribution in [1.82, 2.24) is 14.5 Å². The number of rotatable bonds is 6. The number of hydrogen-bond acceptors (Lipinski definition) is 4. The van der Waals surface area contributed by atoms with E-state index >= 15 is 0 Å². The van der Waals surface area contributed by atoms with E-state index in [-0.39, 0.29) is 29.8 Å². The molecule has 3 atom stereocenters. The van der Waals surface area contributed by atoms with E-state index in [0.717, 1.165) is 67.5 Å². The molecule has 2 saturated carbocycles. The Balaban J connectivity index is 1.24. The van der Waals surface area contributed by atoms with Gasteiger partial charge in [0.25, 0.3) is 0 Å². The van der Waals surface area contributed by atoms with Crippen LogP contribution in [0.5, 0.6) is 0 Å². The van der Waals surface area contributed by atoms with Crippen LogP contribution in [0.15, 0.2) is 48.5 Å². The maximum atomic E-state index is 13.4. The predicted octanol–water partition coefficient (Wildman–Crippen LogP) is 4.79. The van der Waals surface area contributed by atoms with Gasteiger partial charge in [0, 0.05) is 18.7 Å². The number of halogens is 1. The summed E-state index contributed by atoms with van der Waals surface area (Å²) in [6, 6.07) is 14.9. The fourth-order valence-electron chi connectivity index (χ4n) is 5.90. The zero-order valence-corrected chi connectivity index (χ0v) is 20.6. The zero-order chi connectivity index (χ0) is 24.2. The Morgan fingerprint density at radius 3 is 2.31 bits per heavy atom. The molecule has 0 unspecified atom stereocenters. The zero-order valence-electron chi connectivity index (χ0n) is 19.8. The van der Waals surface area contributed by atoms with Crippen LogP contribution in [0.3, 0.4) is 0 Å². The van der Waals surface area contributed by atoms with E-state index in [1.165, 1.54) is 23.3 Å². The smallest absolute Gasteiger partial charge is 0.267 e. The first-order chi connectivity index (χ1) is 16.8. The number of aromatic nitrogens is 2. The first-order valence-electron chi connectivity index (χ1n) is 12.5. The molecule has 2 bridgehead atoms. The van der Waals surface area contributed by atoms with Crippen molar-refractivity contribution in [2.24, 2.45) is 18.9 Å². The highest BCUT2D eigenvalue weighted by atomic mass is 32.2. The number of benzene rings is 2. The Morgan fingerprint density at radius 2 is 1.63 bits per heavy atom. The van der Waals surface area contributed by atoms with Crippen molar-refractivity contribution in [1.29, 1.82) is 0 Å². The number of hydrogen-bond donors (Lipinski definition) is 1. The average molecular weight is 496 g/mol. The Hall–Kier alpha value is -2.55. The van der Waals surface area contributed by atoms with Crippen molar-refractivity contribution in [3.8, 4) is 22.5 Å². The van der Waals surface area contributed by atoms with Crippen molar-refractivity contribution in [2.75, 3.05) is 0 Å². The summed E-state index contributed by atoms with van der Waals surface area (Å²) in [4.78, 5) is 0. The van der Waals surface area contributed by atoms with Crippen molar-refractivity contribution < 1.29 is 17.0 Å². The summed E-state index contributed by atoms with van der Waals surface area (Å²) in [5.74, 6) is 0.285. The quantitative estimate of drug-likeness (QED) is 0.534. The minimum atomic E-state index is -3.74. The summed E-state index contributed by atoms with van der Waals surface area (Å²) in [5, 5.41) is 4.72. The van der Waals surface area contributed by atoms with Gasteiger partial charge in [0.05, 0.1) is 17.5 Å². The minimum absolute atomic E-state index is 0.0872. The molecule has 184 valence electrons. The van der Waals surface area contributed by atoms with E-state index in [1.807, 2.05) is 17.8 Å². The van der Waals surface area contributed by atoms with E-state index in [4.69, 9.17) is 9.28 Å². The molecule has 6 nitrogen and oxygen atoms in total. The summed E-state index contributed by atoms with van der Waals surface area (Å²) in [6.07, 6.45) is 6.28. The van der Waals surface area contributed by atoms with Gasteiger partial charge in [-0.15, -0.1) is 0 Å². The van der Waals surface area contributed by atoms with Gasteiger partial charge in [-0.2, -0.15) is 18.2 Å². The Morgan fingerprint density at radius 1 is 0.943 bits per heavy atom. The van der Waals surface area contributed by atoms with Gasteiger partial charge in [0.2, 0.25) is 0 Å². The molecule has 0 saturated heterocycles. The molecule has 1 aromatic heterocycles. The topological polar surface area (TPSA) is 73.2 Å². The highest BCUT2D eigenvalue weighted by molar-refractivity contribution is 7.84. The molecule has 3 aliphatic carbocycles. The standard InChI is InChI=1S/C27H30FN3O3S/c1-31-26(17-9-11-23(28)12-10-17)16-25(29-31)19-6-5-18-13-20-7-8-21(15-22(18)14-19)27(20)30-35(32,33)34-24-3-2-4-24/h5-6,9-12,14,16,20-21,24,27,30H,2-4,7-8,13,15H2,1H3/t20-,21+,27+/m0/s1. The van der Waals surface area contributed by atoms with Crippen LogP contribution in [0.1, 0.15) is 43.2 Å². The Bertz CT molecular complexity index is 1350. The van der Waals surface area contributed by atoms with Gasteiger partial charge in [-0.25, -0.2) is 4.39 Å². The number of nitrogens with one attached hydrogen (secondary N) is 1. The summed E-state index contributed by atoms with van der Waals surface area (Å²) < 4.78 is 48.8. The van der Waals surface area contributed by atoms with Crippen LogP contribution in [0, 0.1) is 17.7 Å². The third-order valence-electron chi connectivity index (χ3n) is 8.01. The van der Waals surface area contributed by atoms with E-state index < -0.39 is 10.3 Å². The molecule has 0 spiro atoms. The van der Waals surface area contributed by atoms with Gasteiger partial charge in [-0.05, 0) is 110 Å². The summed E-state index contributed by atoms with van der Waals surface area (Å²) in [6.45, 7) is 0. The molecule has 35 heavy (non-hydrogen) atoms. The molecule has 8 heteroatoms. The Labute approximate surface area is 205 Å². The number of aryl methyl sites for hydroxylation is 1. The second kappa shape index (κ2) is 8.84. The highest BCUT2D eigenvalue weighted by Crippen LogP contribution is 2.41.